The van der Waals surface area contributed by atoms with Crippen LogP contribution in [0.5, 0.6) is 5.75 Å². The predicted molar refractivity (Wildman–Crippen MR) is 73.7 cm³/mol. The molecule has 0 amide bonds. The van der Waals surface area contributed by atoms with Gasteiger partial charge in [0.15, 0.2) is 0 Å². The van der Waals surface area contributed by atoms with E-state index >= 15 is 0 Å². The third-order valence-corrected chi connectivity index (χ3v) is 3.53. The fourth-order valence-electron chi connectivity index (χ4n) is 2.49. The molecule has 3 rings (SSSR count). The summed E-state index contributed by atoms with van der Waals surface area (Å²) in [5, 5.41) is 0. The highest BCUT2D eigenvalue weighted by molar-refractivity contribution is 5.48. The Labute approximate surface area is 112 Å². The Morgan fingerprint density at radius 3 is 3.11 bits per heavy atom. The molecule has 0 spiro atoms. The second kappa shape index (κ2) is 4.93. The van der Waals surface area contributed by atoms with E-state index < -0.39 is 0 Å². The number of rotatable bonds is 3. The highest BCUT2D eigenvalue weighted by Gasteiger charge is 2.17. The molecule has 0 bridgehead atoms. The summed E-state index contributed by atoms with van der Waals surface area (Å²) < 4.78 is 7.60. The molecule has 1 aliphatic heterocycles. The Balaban J connectivity index is 1.76. The lowest BCUT2D eigenvalue weighted by Gasteiger charge is -2.28. The number of aromatic nitrogens is 2. The molecule has 5 heteroatoms. The molecule has 1 aliphatic rings. The number of nitrogens with zero attached hydrogens (tertiary/aromatic N) is 3. The summed E-state index contributed by atoms with van der Waals surface area (Å²) >= 11 is 0. The fourth-order valence-corrected chi connectivity index (χ4v) is 2.49. The lowest BCUT2D eigenvalue weighted by atomic mass is 10.1. The van der Waals surface area contributed by atoms with Crippen LogP contribution >= 0.6 is 0 Å². The third kappa shape index (κ3) is 2.42. The van der Waals surface area contributed by atoms with Gasteiger partial charge in [0.1, 0.15) is 11.6 Å². The second-order valence-corrected chi connectivity index (χ2v) is 4.82. The molecular weight excluding hydrogens is 240 g/mol. The zero-order valence-electron chi connectivity index (χ0n) is 11.0. The van der Waals surface area contributed by atoms with Crippen molar-refractivity contribution in [3.8, 4) is 5.75 Å². The average Bonchev–Trinajstić information content (AvgIpc) is 2.88. The Morgan fingerprint density at radius 1 is 1.37 bits per heavy atom. The molecule has 0 aliphatic carbocycles. The highest BCUT2D eigenvalue weighted by Crippen LogP contribution is 2.24. The standard InChI is InChI=1S/C14H18N4O/c1-19-13-8-12(15)3-2-11(13)9-17-6-7-18-5-4-16-14(18)10-17/h2-5,8H,6-7,9-10,15H2,1H3. The first-order chi connectivity index (χ1) is 9.26. The van der Waals surface area contributed by atoms with Gasteiger partial charge < -0.3 is 15.0 Å². The van der Waals surface area contributed by atoms with E-state index in [-0.39, 0.29) is 0 Å². The maximum absolute atomic E-state index is 5.78. The maximum Gasteiger partial charge on any atom is 0.125 e. The molecule has 2 N–H and O–H groups in total. The number of hydrogen-bond donors (Lipinski definition) is 1. The van der Waals surface area contributed by atoms with Crippen molar-refractivity contribution in [3.05, 3.63) is 42.0 Å². The van der Waals surface area contributed by atoms with Crippen molar-refractivity contribution in [1.82, 2.24) is 14.5 Å². The van der Waals surface area contributed by atoms with Crippen LogP contribution in [-0.4, -0.2) is 28.1 Å². The van der Waals surface area contributed by atoms with Crippen LogP contribution in [0.3, 0.4) is 0 Å². The van der Waals surface area contributed by atoms with Crippen LogP contribution in [0.1, 0.15) is 11.4 Å². The zero-order chi connectivity index (χ0) is 13.2. The zero-order valence-corrected chi connectivity index (χ0v) is 11.0. The minimum absolute atomic E-state index is 0.731. The number of methoxy groups -OCH3 is 1. The Kier molecular flexibility index (Phi) is 3.13. The smallest absolute Gasteiger partial charge is 0.125 e. The summed E-state index contributed by atoms with van der Waals surface area (Å²) in [6.45, 7) is 3.75. The molecule has 1 aromatic carbocycles. The lowest BCUT2D eigenvalue weighted by Crippen LogP contribution is -2.33. The first-order valence-corrected chi connectivity index (χ1v) is 6.41. The van der Waals surface area contributed by atoms with Crippen LogP contribution in [0.4, 0.5) is 5.69 Å². The lowest BCUT2D eigenvalue weighted by molar-refractivity contribution is 0.206. The molecule has 2 heterocycles. The summed E-state index contributed by atoms with van der Waals surface area (Å²) in [7, 11) is 1.68. The second-order valence-electron chi connectivity index (χ2n) is 4.82. The van der Waals surface area contributed by atoms with Crippen LogP contribution < -0.4 is 10.5 Å². The van der Waals surface area contributed by atoms with Gasteiger partial charge in [-0.1, -0.05) is 6.07 Å². The van der Waals surface area contributed by atoms with Gasteiger partial charge in [-0.15, -0.1) is 0 Å². The summed E-state index contributed by atoms with van der Waals surface area (Å²) in [6.07, 6.45) is 3.90. The van der Waals surface area contributed by atoms with Crippen molar-refractivity contribution < 1.29 is 4.74 Å². The van der Waals surface area contributed by atoms with Crippen LogP contribution in [0.15, 0.2) is 30.6 Å². The van der Waals surface area contributed by atoms with Gasteiger partial charge in [-0.25, -0.2) is 4.98 Å². The molecule has 100 valence electrons. The number of hydrogen-bond acceptors (Lipinski definition) is 4. The Morgan fingerprint density at radius 2 is 2.26 bits per heavy atom. The minimum atomic E-state index is 0.731. The quantitative estimate of drug-likeness (QED) is 0.847. The summed E-state index contributed by atoms with van der Waals surface area (Å²) in [5.41, 5.74) is 7.67. The van der Waals surface area contributed by atoms with Crippen molar-refractivity contribution in [3.63, 3.8) is 0 Å². The van der Waals surface area contributed by atoms with Crippen molar-refractivity contribution in [2.75, 3.05) is 19.4 Å². The topological polar surface area (TPSA) is 56.3 Å². The molecule has 0 atom stereocenters. The molecule has 0 radical (unpaired) electrons. The van der Waals surface area contributed by atoms with Gasteiger partial charge in [-0.05, 0) is 6.07 Å². The van der Waals surface area contributed by atoms with Crippen molar-refractivity contribution in [2.24, 2.45) is 0 Å². The third-order valence-electron chi connectivity index (χ3n) is 3.53. The molecule has 0 fully saturated rings. The van der Waals surface area contributed by atoms with Crippen LogP contribution in [0.2, 0.25) is 0 Å². The van der Waals surface area contributed by atoms with E-state index in [1.807, 2.05) is 30.6 Å². The van der Waals surface area contributed by atoms with E-state index in [9.17, 15) is 0 Å². The summed E-state index contributed by atoms with van der Waals surface area (Å²) in [6, 6.07) is 5.83. The molecule has 0 unspecified atom stereocenters. The van der Waals surface area contributed by atoms with E-state index in [0.29, 0.717) is 0 Å². The first kappa shape index (κ1) is 12.0. The largest absolute Gasteiger partial charge is 0.496 e. The Hall–Kier alpha value is -2.01. The SMILES string of the molecule is COc1cc(N)ccc1CN1CCn2ccnc2C1. The number of anilines is 1. The minimum Gasteiger partial charge on any atom is -0.496 e. The molecule has 2 aromatic rings. The highest BCUT2D eigenvalue weighted by atomic mass is 16.5. The number of nitrogen functional groups attached to an aromatic ring is 1. The monoisotopic (exact) mass is 258 g/mol. The van der Waals surface area contributed by atoms with Gasteiger partial charge in [0.25, 0.3) is 0 Å². The predicted octanol–water partition coefficient (Wildman–Crippen LogP) is 1.49. The van der Waals surface area contributed by atoms with E-state index in [1.54, 1.807) is 7.11 Å². The van der Waals surface area contributed by atoms with Gasteiger partial charge in [0, 0.05) is 49.3 Å². The molecular formula is C14H18N4O. The van der Waals surface area contributed by atoms with E-state index in [0.717, 1.165) is 49.0 Å². The maximum atomic E-state index is 5.78. The van der Waals surface area contributed by atoms with Gasteiger partial charge in [0.05, 0.1) is 13.7 Å². The van der Waals surface area contributed by atoms with E-state index in [4.69, 9.17) is 10.5 Å². The molecule has 1 aromatic heterocycles. The van der Waals surface area contributed by atoms with Crippen molar-refractivity contribution >= 4 is 5.69 Å². The Bertz CT molecular complexity index is 579. The van der Waals surface area contributed by atoms with Gasteiger partial charge in [-0.2, -0.15) is 0 Å². The van der Waals surface area contributed by atoms with E-state index in [2.05, 4.69) is 14.5 Å². The molecule has 0 saturated heterocycles. The van der Waals surface area contributed by atoms with Crippen LogP contribution in [0.25, 0.3) is 0 Å². The van der Waals surface area contributed by atoms with Gasteiger partial charge in [0.2, 0.25) is 0 Å². The number of fused-ring (bicyclic) bond motifs is 1. The van der Waals surface area contributed by atoms with Gasteiger partial charge in [-0.3, -0.25) is 4.90 Å². The van der Waals surface area contributed by atoms with Crippen molar-refractivity contribution in [1.29, 1.82) is 0 Å². The molecule has 5 nitrogen and oxygen atoms in total. The number of imidazole rings is 1. The van der Waals surface area contributed by atoms with Gasteiger partial charge >= 0.3 is 0 Å². The number of ether oxygens (including phenoxy) is 1. The van der Waals surface area contributed by atoms with E-state index in [1.165, 1.54) is 0 Å². The number of benzene rings is 1. The molecule has 0 saturated carbocycles. The van der Waals surface area contributed by atoms with Crippen LogP contribution in [0, 0.1) is 0 Å². The van der Waals surface area contributed by atoms with Crippen molar-refractivity contribution in [2.45, 2.75) is 19.6 Å². The normalized spacial score (nSPS) is 15.2. The average molecular weight is 258 g/mol. The number of nitrogens with two attached hydrogens (primary N) is 1. The van der Waals surface area contributed by atoms with Crippen LogP contribution in [-0.2, 0) is 19.6 Å². The summed E-state index contributed by atoms with van der Waals surface area (Å²) in [4.78, 5) is 6.75. The molecule has 19 heavy (non-hydrogen) atoms. The fraction of sp³-hybridized carbons (Fsp3) is 0.357. The first-order valence-electron chi connectivity index (χ1n) is 6.41. The summed E-state index contributed by atoms with van der Waals surface area (Å²) in [5.74, 6) is 1.98.